The Balaban J connectivity index is 2.07. The quantitative estimate of drug-likeness (QED) is 0.430. The van der Waals surface area contributed by atoms with Crippen molar-refractivity contribution in [1.29, 1.82) is 0 Å². The summed E-state index contributed by atoms with van der Waals surface area (Å²) in [6, 6.07) is 4.66. The van der Waals surface area contributed by atoms with Crippen molar-refractivity contribution in [2.75, 3.05) is 18.6 Å². The molecule has 0 saturated heterocycles. The van der Waals surface area contributed by atoms with Gasteiger partial charge < -0.3 is 20.8 Å². The van der Waals surface area contributed by atoms with Gasteiger partial charge in [-0.05, 0) is 18.2 Å². The summed E-state index contributed by atoms with van der Waals surface area (Å²) in [6.45, 7) is 1.35. The predicted molar refractivity (Wildman–Crippen MR) is 80.9 cm³/mol. The van der Waals surface area contributed by atoms with Crippen LogP contribution in [0.25, 0.3) is 11.0 Å². The number of fused-ring (bicyclic) bond motifs is 1. The Morgan fingerprint density at radius 2 is 2.29 bits per heavy atom. The number of aromatic nitrogens is 2. The van der Waals surface area contributed by atoms with E-state index in [1.54, 1.807) is 12.1 Å². The fraction of sp³-hybridized carbons (Fsp3) is 0.308. The average molecular weight is 308 g/mol. The van der Waals surface area contributed by atoms with Crippen LogP contribution in [0.5, 0.6) is 0 Å². The van der Waals surface area contributed by atoms with Crippen LogP contribution < -0.4 is 11.1 Å². The third-order valence-corrected chi connectivity index (χ3v) is 3.70. The molecule has 0 aliphatic carbocycles. The highest BCUT2D eigenvalue weighted by molar-refractivity contribution is 7.99. The minimum Gasteiger partial charge on any atom is -0.467 e. The van der Waals surface area contributed by atoms with E-state index in [1.807, 2.05) is 6.07 Å². The zero-order chi connectivity index (χ0) is 15.4. The molecule has 112 valence electrons. The van der Waals surface area contributed by atoms with E-state index in [4.69, 9.17) is 5.73 Å². The number of benzene rings is 1. The Morgan fingerprint density at radius 1 is 1.52 bits per heavy atom. The van der Waals surface area contributed by atoms with E-state index in [0.717, 1.165) is 11.0 Å². The summed E-state index contributed by atoms with van der Waals surface area (Å²) in [5, 5.41) is 3.20. The summed E-state index contributed by atoms with van der Waals surface area (Å²) < 4.78 is 4.66. The number of H-pyrrole nitrogens is 1. The SMILES string of the molecule is COC(=O)C(CSc1nc2ccc(N)cc2[nH]1)NC(C)=O. The van der Waals surface area contributed by atoms with Crippen LogP contribution in [0.3, 0.4) is 0 Å². The highest BCUT2D eigenvalue weighted by atomic mass is 32.2. The predicted octanol–water partition coefficient (Wildman–Crippen LogP) is 0.915. The third-order valence-electron chi connectivity index (χ3n) is 2.73. The van der Waals surface area contributed by atoms with Gasteiger partial charge >= 0.3 is 5.97 Å². The number of carbonyl (C=O) groups excluding carboxylic acids is 2. The molecule has 0 saturated carbocycles. The van der Waals surface area contributed by atoms with Gasteiger partial charge in [0.25, 0.3) is 0 Å². The number of aromatic amines is 1. The number of imidazole rings is 1. The molecule has 8 heteroatoms. The molecule has 1 aromatic carbocycles. The van der Waals surface area contributed by atoms with E-state index >= 15 is 0 Å². The number of nitrogen functional groups attached to an aromatic ring is 1. The first-order valence-corrected chi connectivity index (χ1v) is 7.21. The lowest BCUT2D eigenvalue weighted by molar-refractivity contribution is -0.144. The lowest BCUT2D eigenvalue weighted by Crippen LogP contribution is -2.42. The largest absolute Gasteiger partial charge is 0.467 e. The topological polar surface area (TPSA) is 110 Å². The highest BCUT2D eigenvalue weighted by Gasteiger charge is 2.21. The molecule has 1 unspecified atom stereocenters. The van der Waals surface area contributed by atoms with Gasteiger partial charge in [0.1, 0.15) is 6.04 Å². The number of anilines is 1. The number of carbonyl (C=O) groups is 2. The number of amides is 1. The Labute approximate surface area is 125 Å². The van der Waals surface area contributed by atoms with Gasteiger partial charge in [0.05, 0.1) is 18.1 Å². The Morgan fingerprint density at radius 3 is 2.95 bits per heavy atom. The Kier molecular flexibility index (Phi) is 4.69. The first-order chi connectivity index (χ1) is 9.99. The number of nitrogens with one attached hydrogen (secondary N) is 2. The molecule has 0 radical (unpaired) electrons. The van der Waals surface area contributed by atoms with Crippen molar-refractivity contribution < 1.29 is 14.3 Å². The molecule has 7 nitrogen and oxygen atoms in total. The van der Waals surface area contributed by atoms with Gasteiger partial charge in [-0.2, -0.15) is 0 Å². The van der Waals surface area contributed by atoms with Crippen molar-refractivity contribution in [3.8, 4) is 0 Å². The van der Waals surface area contributed by atoms with Crippen LogP contribution in [0, 0.1) is 0 Å². The molecule has 4 N–H and O–H groups in total. The fourth-order valence-corrected chi connectivity index (χ4v) is 2.68. The van der Waals surface area contributed by atoms with Gasteiger partial charge in [-0.15, -0.1) is 0 Å². The highest BCUT2D eigenvalue weighted by Crippen LogP contribution is 2.21. The van der Waals surface area contributed by atoms with Gasteiger partial charge in [0.15, 0.2) is 5.16 Å². The number of hydrogen-bond acceptors (Lipinski definition) is 6. The first-order valence-electron chi connectivity index (χ1n) is 6.22. The number of nitrogens with zero attached hydrogens (tertiary/aromatic N) is 1. The third kappa shape index (κ3) is 3.88. The molecule has 0 aliphatic heterocycles. The molecule has 2 aromatic rings. The fourth-order valence-electron chi connectivity index (χ4n) is 1.79. The van der Waals surface area contributed by atoms with E-state index in [0.29, 0.717) is 16.6 Å². The smallest absolute Gasteiger partial charge is 0.329 e. The van der Waals surface area contributed by atoms with Crippen LogP contribution >= 0.6 is 11.8 Å². The molecule has 0 fully saturated rings. The molecular formula is C13H16N4O3S. The number of thioether (sulfide) groups is 1. The van der Waals surface area contributed by atoms with Gasteiger partial charge in [0, 0.05) is 18.4 Å². The van der Waals surface area contributed by atoms with Crippen molar-refractivity contribution in [3.05, 3.63) is 18.2 Å². The number of hydrogen-bond donors (Lipinski definition) is 3. The van der Waals surface area contributed by atoms with Gasteiger partial charge in [-0.25, -0.2) is 9.78 Å². The molecule has 2 rings (SSSR count). The summed E-state index contributed by atoms with van der Waals surface area (Å²) in [5.74, 6) is -0.455. The molecule has 1 amide bonds. The van der Waals surface area contributed by atoms with E-state index < -0.39 is 12.0 Å². The number of methoxy groups -OCH3 is 1. The Bertz CT molecular complexity index is 670. The maximum absolute atomic E-state index is 11.6. The monoisotopic (exact) mass is 308 g/mol. The van der Waals surface area contributed by atoms with E-state index in [1.165, 1.54) is 25.8 Å². The summed E-state index contributed by atoms with van der Waals surface area (Å²) in [4.78, 5) is 30.2. The van der Waals surface area contributed by atoms with Crippen LogP contribution in [0.15, 0.2) is 23.4 Å². The van der Waals surface area contributed by atoms with Crippen LogP contribution in [0.1, 0.15) is 6.92 Å². The second kappa shape index (κ2) is 6.49. The second-order valence-electron chi connectivity index (χ2n) is 4.41. The van der Waals surface area contributed by atoms with E-state index in [2.05, 4.69) is 20.0 Å². The number of ether oxygens (including phenoxy) is 1. The number of rotatable bonds is 5. The summed E-state index contributed by atoms with van der Waals surface area (Å²) >= 11 is 1.32. The minimum atomic E-state index is -0.712. The van der Waals surface area contributed by atoms with Gasteiger partial charge in [-0.1, -0.05) is 11.8 Å². The summed E-state index contributed by atoms with van der Waals surface area (Å²) in [7, 11) is 1.28. The molecule has 0 bridgehead atoms. The van der Waals surface area contributed by atoms with Crippen molar-refractivity contribution >= 4 is 40.4 Å². The maximum Gasteiger partial charge on any atom is 0.329 e. The molecule has 1 heterocycles. The van der Waals surface area contributed by atoms with Gasteiger partial charge in [-0.3, -0.25) is 4.79 Å². The molecule has 0 aliphatic rings. The van der Waals surface area contributed by atoms with Crippen LogP contribution in [0.4, 0.5) is 5.69 Å². The lowest BCUT2D eigenvalue weighted by atomic mass is 10.3. The van der Waals surface area contributed by atoms with E-state index in [9.17, 15) is 9.59 Å². The first kappa shape index (κ1) is 15.2. The van der Waals surface area contributed by atoms with Crippen LogP contribution in [0.2, 0.25) is 0 Å². The van der Waals surface area contributed by atoms with Crippen molar-refractivity contribution in [2.45, 2.75) is 18.1 Å². The van der Waals surface area contributed by atoms with Crippen molar-refractivity contribution in [3.63, 3.8) is 0 Å². The zero-order valence-electron chi connectivity index (χ0n) is 11.7. The van der Waals surface area contributed by atoms with Gasteiger partial charge in [0.2, 0.25) is 5.91 Å². The van der Waals surface area contributed by atoms with Crippen molar-refractivity contribution in [2.24, 2.45) is 0 Å². The molecular weight excluding hydrogens is 292 g/mol. The summed E-state index contributed by atoms with van der Waals surface area (Å²) in [5.41, 5.74) is 7.97. The maximum atomic E-state index is 11.6. The zero-order valence-corrected chi connectivity index (χ0v) is 12.5. The van der Waals surface area contributed by atoms with E-state index in [-0.39, 0.29) is 5.91 Å². The summed E-state index contributed by atoms with van der Waals surface area (Å²) in [6.07, 6.45) is 0. The minimum absolute atomic E-state index is 0.289. The number of esters is 1. The van der Waals surface area contributed by atoms with Crippen molar-refractivity contribution in [1.82, 2.24) is 15.3 Å². The molecule has 0 spiro atoms. The average Bonchev–Trinajstić information content (AvgIpc) is 2.84. The van der Waals surface area contributed by atoms with Crippen LogP contribution in [-0.4, -0.2) is 40.7 Å². The second-order valence-corrected chi connectivity index (χ2v) is 5.41. The van der Waals surface area contributed by atoms with Crippen LogP contribution in [-0.2, 0) is 14.3 Å². The normalized spacial score (nSPS) is 12.1. The molecule has 21 heavy (non-hydrogen) atoms. The standard InChI is InChI=1S/C13H16N4O3S/c1-7(18)15-11(12(19)20-2)6-21-13-16-9-4-3-8(14)5-10(9)17-13/h3-5,11H,6,14H2,1-2H3,(H,15,18)(H,16,17). The number of nitrogens with two attached hydrogens (primary N) is 1. The lowest BCUT2D eigenvalue weighted by Gasteiger charge is -2.13. The Hall–Kier alpha value is -2.22. The molecule has 1 aromatic heterocycles. The molecule has 1 atom stereocenters.